The Hall–Kier alpha value is -4.01. The van der Waals surface area contributed by atoms with Crippen LogP contribution in [0.2, 0.25) is 0 Å². The number of nitrogens with two attached hydrogens (primary N) is 1. The highest BCUT2D eigenvalue weighted by Crippen LogP contribution is 2.33. The minimum atomic E-state index is -0.301. The van der Waals surface area contributed by atoms with Crippen LogP contribution in [0.4, 0.5) is 23.0 Å². The van der Waals surface area contributed by atoms with Crippen molar-refractivity contribution in [2.75, 3.05) is 30.7 Å². The third-order valence-electron chi connectivity index (χ3n) is 4.23. The number of hydrogen-bond acceptors (Lipinski definition) is 8. The number of ether oxygens (including phenoxy) is 2. The van der Waals surface area contributed by atoms with Crippen molar-refractivity contribution in [3.63, 3.8) is 0 Å². The molecule has 9 heteroatoms. The molecule has 0 saturated carbocycles. The standard InChI is InChI=1S/C20H22N6O3/c1-12-6-4-5-7-14(12)20(27)26-25-19-17(21)18(22-11-23-19)24-15-10-13(28-2)8-9-16(15)29-3/h4-11H,21H2,1-3H3,(H,26,27)(H2,22,23,24,25). The summed E-state index contributed by atoms with van der Waals surface area (Å²) in [6, 6.07) is 12.6. The molecule has 1 heterocycles. The van der Waals surface area contributed by atoms with Crippen LogP contribution in [0.5, 0.6) is 11.5 Å². The number of methoxy groups -OCH3 is 2. The fraction of sp³-hybridized carbons (Fsp3) is 0.150. The smallest absolute Gasteiger partial charge is 0.269 e. The van der Waals surface area contributed by atoms with Gasteiger partial charge in [0.15, 0.2) is 11.6 Å². The third kappa shape index (κ3) is 4.46. The summed E-state index contributed by atoms with van der Waals surface area (Å²) < 4.78 is 10.6. The molecule has 0 radical (unpaired) electrons. The van der Waals surface area contributed by atoms with Crippen molar-refractivity contribution < 1.29 is 14.3 Å². The number of benzene rings is 2. The van der Waals surface area contributed by atoms with Gasteiger partial charge >= 0.3 is 0 Å². The molecule has 0 fully saturated rings. The van der Waals surface area contributed by atoms with E-state index in [2.05, 4.69) is 26.1 Å². The molecule has 0 saturated heterocycles. The Balaban J connectivity index is 1.78. The minimum absolute atomic E-state index is 0.224. The van der Waals surface area contributed by atoms with Gasteiger partial charge in [0, 0.05) is 11.6 Å². The van der Waals surface area contributed by atoms with Gasteiger partial charge in [-0.3, -0.25) is 15.6 Å². The Morgan fingerprint density at radius 3 is 2.52 bits per heavy atom. The van der Waals surface area contributed by atoms with Crippen molar-refractivity contribution in [1.82, 2.24) is 15.4 Å². The second kappa shape index (κ2) is 8.79. The fourth-order valence-electron chi connectivity index (χ4n) is 2.65. The van der Waals surface area contributed by atoms with Crippen LogP contribution in [0, 0.1) is 6.92 Å². The summed E-state index contributed by atoms with van der Waals surface area (Å²) in [5.41, 5.74) is 13.8. The molecule has 1 aromatic heterocycles. The number of aromatic nitrogens is 2. The van der Waals surface area contributed by atoms with E-state index in [1.54, 1.807) is 44.6 Å². The molecule has 29 heavy (non-hydrogen) atoms. The van der Waals surface area contributed by atoms with Gasteiger partial charge in [0.25, 0.3) is 5.91 Å². The number of amides is 1. The highest BCUT2D eigenvalue weighted by Gasteiger charge is 2.13. The molecule has 0 aliphatic carbocycles. The molecule has 150 valence electrons. The summed E-state index contributed by atoms with van der Waals surface area (Å²) in [5.74, 6) is 1.53. The lowest BCUT2D eigenvalue weighted by atomic mass is 10.1. The number of nitrogens with one attached hydrogen (secondary N) is 3. The molecule has 5 N–H and O–H groups in total. The number of carbonyl (C=O) groups excluding carboxylic acids is 1. The second-order valence-corrected chi connectivity index (χ2v) is 6.07. The van der Waals surface area contributed by atoms with E-state index in [1.807, 2.05) is 19.1 Å². The normalized spacial score (nSPS) is 10.2. The van der Waals surface area contributed by atoms with E-state index < -0.39 is 0 Å². The van der Waals surface area contributed by atoms with E-state index in [0.717, 1.165) is 5.56 Å². The Kier molecular flexibility index (Phi) is 5.98. The number of rotatable bonds is 7. The molecule has 3 rings (SSSR count). The molecule has 0 aliphatic heterocycles. The molecule has 0 spiro atoms. The van der Waals surface area contributed by atoms with Crippen LogP contribution in [0.1, 0.15) is 15.9 Å². The van der Waals surface area contributed by atoms with Crippen LogP contribution in [0.15, 0.2) is 48.8 Å². The van der Waals surface area contributed by atoms with Crippen molar-refractivity contribution in [1.29, 1.82) is 0 Å². The van der Waals surface area contributed by atoms with E-state index >= 15 is 0 Å². The Labute approximate surface area is 168 Å². The zero-order chi connectivity index (χ0) is 20.8. The van der Waals surface area contributed by atoms with Crippen LogP contribution in [0.25, 0.3) is 0 Å². The van der Waals surface area contributed by atoms with E-state index in [9.17, 15) is 4.79 Å². The third-order valence-corrected chi connectivity index (χ3v) is 4.23. The van der Waals surface area contributed by atoms with Crippen LogP contribution in [-0.4, -0.2) is 30.1 Å². The first-order chi connectivity index (χ1) is 14.0. The van der Waals surface area contributed by atoms with E-state index in [4.69, 9.17) is 15.2 Å². The highest BCUT2D eigenvalue weighted by molar-refractivity contribution is 5.96. The molecular weight excluding hydrogens is 372 g/mol. The Bertz CT molecular complexity index is 1020. The summed E-state index contributed by atoms with van der Waals surface area (Å²) in [6.07, 6.45) is 1.33. The fourth-order valence-corrected chi connectivity index (χ4v) is 2.65. The largest absolute Gasteiger partial charge is 0.497 e. The lowest BCUT2D eigenvalue weighted by Gasteiger charge is -2.15. The van der Waals surface area contributed by atoms with Crippen molar-refractivity contribution in [2.24, 2.45) is 0 Å². The maximum atomic E-state index is 12.4. The topological polar surface area (TPSA) is 123 Å². The minimum Gasteiger partial charge on any atom is -0.497 e. The number of hydrazine groups is 1. The maximum absolute atomic E-state index is 12.4. The zero-order valence-electron chi connectivity index (χ0n) is 16.3. The molecule has 0 unspecified atom stereocenters. The quantitative estimate of drug-likeness (QED) is 0.451. The molecule has 2 aromatic carbocycles. The Morgan fingerprint density at radius 2 is 1.79 bits per heavy atom. The van der Waals surface area contributed by atoms with Gasteiger partial charge in [-0.05, 0) is 30.7 Å². The average molecular weight is 394 g/mol. The monoisotopic (exact) mass is 394 g/mol. The van der Waals surface area contributed by atoms with Gasteiger partial charge in [-0.25, -0.2) is 9.97 Å². The first kappa shape index (κ1) is 19.7. The van der Waals surface area contributed by atoms with Gasteiger partial charge in [-0.2, -0.15) is 0 Å². The van der Waals surface area contributed by atoms with Crippen molar-refractivity contribution in [2.45, 2.75) is 6.92 Å². The SMILES string of the molecule is COc1ccc(OC)c(Nc2ncnc(NNC(=O)c3ccccc3C)c2N)c1. The Morgan fingerprint density at radius 1 is 1.03 bits per heavy atom. The molecule has 3 aromatic rings. The van der Waals surface area contributed by atoms with Gasteiger partial charge in [-0.1, -0.05) is 18.2 Å². The predicted octanol–water partition coefficient (Wildman–Crippen LogP) is 2.88. The van der Waals surface area contributed by atoms with Crippen molar-refractivity contribution in [3.05, 3.63) is 59.9 Å². The first-order valence-electron chi connectivity index (χ1n) is 8.75. The summed E-state index contributed by atoms with van der Waals surface area (Å²) >= 11 is 0. The zero-order valence-corrected chi connectivity index (χ0v) is 16.3. The average Bonchev–Trinajstić information content (AvgIpc) is 2.74. The highest BCUT2D eigenvalue weighted by atomic mass is 16.5. The molecule has 0 bridgehead atoms. The van der Waals surface area contributed by atoms with E-state index in [0.29, 0.717) is 28.6 Å². The van der Waals surface area contributed by atoms with Crippen LogP contribution in [-0.2, 0) is 0 Å². The number of nitrogen functional groups attached to an aromatic ring is 1. The van der Waals surface area contributed by atoms with Crippen molar-refractivity contribution in [3.8, 4) is 11.5 Å². The molecular formula is C20H22N6O3. The van der Waals surface area contributed by atoms with Gasteiger partial charge in [0.2, 0.25) is 0 Å². The van der Waals surface area contributed by atoms with Gasteiger partial charge in [0.05, 0.1) is 19.9 Å². The number of anilines is 4. The molecule has 9 nitrogen and oxygen atoms in total. The van der Waals surface area contributed by atoms with Gasteiger partial charge < -0.3 is 20.5 Å². The van der Waals surface area contributed by atoms with Crippen molar-refractivity contribution >= 4 is 28.9 Å². The summed E-state index contributed by atoms with van der Waals surface area (Å²) in [4.78, 5) is 20.6. The summed E-state index contributed by atoms with van der Waals surface area (Å²) in [6.45, 7) is 1.86. The number of aryl methyl sites for hydroxylation is 1. The van der Waals surface area contributed by atoms with E-state index in [-0.39, 0.29) is 17.4 Å². The number of nitrogens with zero attached hydrogens (tertiary/aromatic N) is 2. The molecule has 0 aliphatic rings. The molecule has 1 amide bonds. The van der Waals surface area contributed by atoms with Crippen LogP contribution >= 0.6 is 0 Å². The first-order valence-corrected chi connectivity index (χ1v) is 8.75. The second-order valence-electron chi connectivity index (χ2n) is 6.07. The van der Waals surface area contributed by atoms with Gasteiger partial charge in [0.1, 0.15) is 23.5 Å². The summed E-state index contributed by atoms with van der Waals surface area (Å²) in [5, 5.41) is 3.10. The van der Waals surface area contributed by atoms with Gasteiger partial charge in [-0.15, -0.1) is 0 Å². The summed E-state index contributed by atoms with van der Waals surface area (Å²) in [7, 11) is 3.13. The predicted molar refractivity (Wildman–Crippen MR) is 112 cm³/mol. The van der Waals surface area contributed by atoms with E-state index in [1.165, 1.54) is 6.33 Å². The lowest BCUT2D eigenvalue weighted by Crippen LogP contribution is -2.30. The van der Waals surface area contributed by atoms with Crippen LogP contribution in [0.3, 0.4) is 0 Å². The lowest BCUT2D eigenvalue weighted by molar-refractivity contribution is 0.0962. The molecule has 0 atom stereocenters. The number of carbonyl (C=O) groups is 1. The maximum Gasteiger partial charge on any atom is 0.269 e. The van der Waals surface area contributed by atoms with Crippen LogP contribution < -0.4 is 31.4 Å². The number of hydrogen-bond donors (Lipinski definition) is 4.